The first-order chi connectivity index (χ1) is 8.90. The second kappa shape index (κ2) is 7.39. The van der Waals surface area contributed by atoms with Gasteiger partial charge in [0, 0.05) is 6.54 Å². The molecule has 106 valence electrons. The highest BCUT2D eigenvalue weighted by Crippen LogP contribution is 2.23. The van der Waals surface area contributed by atoms with E-state index in [-0.39, 0.29) is 11.9 Å². The minimum Gasteiger partial charge on any atom is -0.373 e. The quantitative estimate of drug-likeness (QED) is 0.837. The van der Waals surface area contributed by atoms with Crippen molar-refractivity contribution in [2.75, 3.05) is 11.9 Å². The summed E-state index contributed by atoms with van der Waals surface area (Å²) in [7, 11) is 0. The Labute approximate surface area is 120 Å². The van der Waals surface area contributed by atoms with Crippen LogP contribution in [0.15, 0.2) is 18.2 Å². The van der Waals surface area contributed by atoms with Crippen molar-refractivity contribution in [3.8, 4) is 0 Å². The van der Waals surface area contributed by atoms with Crippen molar-refractivity contribution >= 4 is 23.2 Å². The van der Waals surface area contributed by atoms with Crippen LogP contribution in [0.5, 0.6) is 0 Å². The minimum absolute atomic E-state index is 0.00165. The molecule has 0 aliphatic rings. The lowest BCUT2D eigenvalue weighted by Gasteiger charge is -2.17. The largest absolute Gasteiger partial charge is 0.373 e. The maximum absolute atomic E-state index is 11.9. The molecule has 1 unspecified atom stereocenters. The summed E-state index contributed by atoms with van der Waals surface area (Å²) in [4.78, 5) is 11.9. The average molecular weight is 283 g/mol. The topological polar surface area (TPSA) is 41.1 Å². The van der Waals surface area contributed by atoms with Gasteiger partial charge in [-0.3, -0.25) is 4.79 Å². The van der Waals surface area contributed by atoms with Crippen LogP contribution in [0, 0.1) is 12.8 Å². The van der Waals surface area contributed by atoms with Crippen LogP contribution in [-0.4, -0.2) is 18.5 Å². The number of nitrogens with one attached hydrogen (secondary N) is 2. The summed E-state index contributed by atoms with van der Waals surface area (Å²) in [6, 6.07) is 5.43. The van der Waals surface area contributed by atoms with Gasteiger partial charge < -0.3 is 10.6 Å². The lowest BCUT2D eigenvalue weighted by Crippen LogP contribution is -2.38. The summed E-state index contributed by atoms with van der Waals surface area (Å²) < 4.78 is 0. The van der Waals surface area contributed by atoms with E-state index in [0.717, 1.165) is 17.7 Å². The fourth-order valence-corrected chi connectivity index (χ4v) is 1.86. The first-order valence-electron chi connectivity index (χ1n) is 6.70. The van der Waals surface area contributed by atoms with Gasteiger partial charge in [-0.2, -0.15) is 0 Å². The standard InChI is InChI=1S/C15H23ClN2O/c1-10(2)7-8-17-15(19)12(4)18-14-9-11(3)5-6-13(14)16/h5-6,9-10,12,18H,7-8H2,1-4H3,(H,17,19). The van der Waals surface area contributed by atoms with Gasteiger partial charge in [-0.05, 0) is 43.9 Å². The van der Waals surface area contributed by atoms with E-state index in [9.17, 15) is 4.79 Å². The molecule has 0 radical (unpaired) electrons. The van der Waals surface area contributed by atoms with Gasteiger partial charge in [0.15, 0.2) is 0 Å². The van der Waals surface area contributed by atoms with Crippen molar-refractivity contribution in [3.63, 3.8) is 0 Å². The molecule has 0 saturated carbocycles. The zero-order valence-corrected chi connectivity index (χ0v) is 12.8. The number of halogens is 1. The molecule has 0 aliphatic carbocycles. The molecule has 0 aromatic heterocycles. The van der Waals surface area contributed by atoms with Gasteiger partial charge in [-0.15, -0.1) is 0 Å². The lowest BCUT2D eigenvalue weighted by atomic mass is 10.1. The number of hydrogen-bond donors (Lipinski definition) is 2. The molecular formula is C15H23ClN2O. The van der Waals surface area contributed by atoms with Crippen LogP contribution in [0.2, 0.25) is 5.02 Å². The van der Waals surface area contributed by atoms with E-state index in [1.807, 2.05) is 32.0 Å². The van der Waals surface area contributed by atoms with Crippen LogP contribution in [0.1, 0.15) is 32.8 Å². The predicted octanol–water partition coefficient (Wildman–Crippen LogP) is 3.61. The molecule has 3 nitrogen and oxygen atoms in total. The van der Waals surface area contributed by atoms with E-state index in [1.165, 1.54) is 0 Å². The molecule has 1 rings (SSSR count). The third-order valence-corrected chi connectivity index (χ3v) is 3.24. The van der Waals surface area contributed by atoms with E-state index >= 15 is 0 Å². The first-order valence-corrected chi connectivity index (χ1v) is 7.08. The molecule has 0 spiro atoms. The monoisotopic (exact) mass is 282 g/mol. The summed E-state index contributed by atoms with van der Waals surface area (Å²) in [5.41, 5.74) is 1.91. The normalized spacial score (nSPS) is 12.3. The van der Waals surface area contributed by atoms with Gasteiger partial charge in [-0.1, -0.05) is 31.5 Å². The van der Waals surface area contributed by atoms with E-state index in [4.69, 9.17) is 11.6 Å². The number of rotatable bonds is 6. The second-order valence-electron chi connectivity index (χ2n) is 5.32. The van der Waals surface area contributed by atoms with E-state index in [0.29, 0.717) is 17.5 Å². The smallest absolute Gasteiger partial charge is 0.242 e. The fraction of sp³-hybridized carbons (Fsp3) is 0.533. The van der Waals surface area contributed by atoms with Crippen molar-refractivity contribution in [1.29, 1.82) is 0 Å². The maximum Gasteiger partial charge on any atom is 0.242 e. The van der Waals surface area contributed by atoms with Gasteiger partial charge in [0.25, 0.3) is 0 Å². The molecule has 2 N–H and O–H groups in total. The van der Waals surface area contributed by atoms with Crippen LogP contribution in [-0.2, 0) is 4.79 Å². The molecule has 0 aliphatic heterocycles. The van der Waals surface area contributed by atoms with Crippen LogP contribution < -0.4 is 10.6 Å². The van der Waals surface area contributed by atoms with E-state index in [2.05, 4.69) is 24.5 Å². The summed E-state index contributed by atoms with van der Waals surface area (Å²) in [6.07, 6.45) is 0.990. The molecule has 0 heterocycles. The zero-order chi connectivity index (χ0) is 14.4. The third kappa shape index (κ3) is 5.52. The van der Waals surface area contributed by atoms with Crippen LogP contribution >= 0.6 is 11.6 Å². The molecule has 1 aromatic carbocycles. The van der Waals surface area contributed by atoms with Crippen molar-refractivity contribution in [2.24, 2.45) is 5.92 Å². The Kier molecular flexibility index (Phi) is 6.16. The van der Waals surface area contributed by atoms with Gasteiger partial charge in [-0.25, -0.2) is 0 Å². The van der Waals surface area contributed by atoms with Gasteiger partial charge in [0.05, 0.1) is 10.7 Å². The Bertz CT molecular complexity index is 432. The average Bonchev–Trinajstić information content (AvgIpc) is 2.33. The molecule has 19 heavy (non-hydrogen) atoms. The Morgan fingerprint density at radius 3 is 2.63 bits per heavy atom. The molecule has 4 heteroatoms. The highest BCUT2D eigenvalue weighted by atomic mass is 35.5. The maximum atomic E-state index is 11.9. The summed E-state index contributed by atoms with van der Waals surface area (Å²) in [5, 5.41) is 6.70. The Morgan fingerprint density at radius 1 is 1.32 bits per heavy atom. The van der Waals surface area contributed by atoms with Gasteiger partial charge >= 0.3 is 0 Å². The van der Waals surface area contributed by atoms with Crippen LogP contribution in [0.4, 0.5) is 5.69 Å². The zero-order valence-electron chi connectivity index (χ0n) is 12.1. The van der Waals surface area contributed by atoms with Crippen LogP contribution in [0.3, 0.4) is 0 Å². The fourth-order valence-electron chi connectivity index (χ4n) is 1.69. The Morgan fingerprint density at radius 2 is 2.00 bits per heavy atom. The van der Waals surface area contributed by atoms with Crippen molar-refractivity contribution in [2.45, 2.75) is 40.2 Å². The molecule has 1 aromatic rings. The van der Waals surface area contributed by atoms with Gasteiger partial charge in [0.1, 0.15) is 6.04 Å². The molecule has 0 bridgehead atoms. The van der Waals surface area contributed by atoms with Gasteiger partial charge in [0.2, 0.25) is 5.91 Å². The summed E-state index contributed by atoms with van der Waals surface area (Å²) >= 11 is 6.10. The number of aryl methyl sites for hydroxylation is 1. The number of carbonyl (C=O) groups excluding carboxylic acids is 1. The number of carbonyl (C=O) groups is 1. The number of anilines is 1. The minimum atomic E-state index is -0.300. The SMILES string of the molecule is Cc1ccc(Cl)c(NC(C)C(=O)NCCC(C)C)c1. The molecule has 1 amide bonds. The van der Waals surface area contributed by atoms with Crippen molar-refractivity contribution < 1.29 is 4.79 Å². The number of benzene rings is 1. The van der Waals surface area contributed by atoms with Crippen molar-refractivity contribution in [1.82, 2.24) is 5.32 Å². The molecular weight excluding hydrogens is 260 g/mol. The first kappa shape index (κ1) is 15.8. The van der Waals surface area contributed by atoms with E-state index < -0.39 is 0 Å². The number of hydrogen-bond acceptors (Lipinski definition) is 2. The Hall–Kier alpha value is -1.22. The van der Waals surface area contributed by atoms with Crippen LogP contribution in [0.25, 0.3) is 0 Å². The Balaban J connectivity index is 2.51. The lowest BCUT2D eigenvalue weighted by molar-refractivity contribution is -0.121. The summed E-state index contributed by atoms with van der Waals surface area (Å²) in [5.74, 6) is 0.591. The summed E-state index contributed by atoms with van der Waals surface area (Å²) in [6.45, 7) is 8.82. The predicted molar refractivity (Wildman–Crippen MR) is 81.7 cm³/mol. The highest BCUT2D eigenvalue weighted by molar-refractivity contribution is 6.33. The second-order valence-corrected chi connectivity index (χ2v) is 5.73. The third-order valence-electron chi connectivity index (χ3n) is 2.91. The molecule has 1 atom stereocenters. The van der Waals surface area contributed by atoms with Crippen molar-refractivity contribution in [3.05, 3.63) is 28.8 Å². The van der Waals surface area contributed by atoms with E-state index in [1.54, 1.807) is 0 Å². The number of amides is 1. The highest BCUT2D eigenvalue weighted by Gasteiger charge is 2.13. The molecule has 0 saturated heterocycles. The molecule has 0 fully saturated rings.